The molecule has 0 aliphatic carbocycles. The normalized spacial score (nSPS) is 12.7. The summed E-state index contributed by atoms with van der Waals surface area (Å²) in [6, 6.07) is 9.63. The summed E-state index contributed by atoms with van der Waals surface area (Å²) in [6.07, 6.45) is 4.89. The minimum atomic E-state index is 0.677. The molecule has 1 unspecified atom stereocenters. The van der Waals surface area contributed by atoms with E-state index in [0.717, 1.165) is 13.0 Å². The minimum Gasteiger partial charge on any atom is -0.310 e. The Morgan fingerprint density at radius 3 is 2.12 bits per heavy atom. The Morgan fingerprint density at radius 1 is 1.00 bits per heavy atom. The molecule has 1 N–H and O–H groups in total. The highest BCUT2D eigenvalue weighted by atomic mass is 14.9. The maximum atomic E-state index is 3.62. The lowest BCUT2D eigenvalue weighted by molar-refractivity contribution is 0.462. The van der Waals surface area contributed by atoms with E-state index < -0.39 is 0 Å². The monoisotopic (exact) mass is 219 g/mol. The molecule has 1 aromatic rings. The quantitative estimate of drug-likeness (QED) is 0.733. The number of nitrogens with one attached hydrogen (secondary N) is 1. The van der Waals surface area contributed by atoms with Crippen molar-refractivity contribution in [3.8, 4) is 0 Å². The number of hydrogen-bond acceptors (Lipinski definition) is 1. The van der Waals surface area contributed by atoms with Crippen LogP contribution in [0.15, 0.2) is 24.3 Å². The Balaban J connectivity index is 2.40. The molecule has 0 heterocycles. The van der Waals surface area contributed by atoms with Crippen molar-refractivity contribution in [2.24, 2.45) is 0 Å². The maximum absolute atomic E-state index is 3.62. The Labute approximate surface area is 100 Å². The number of hydrogen-bond donors (Lipinski definition) is 1. The zero-order valence-electron chi connectivity index (χ0n) is 10.9. The molecule has 0 bridgehead atoms. The van der Waals surface area contributed by atoms with Crippen LogP contribution in [0.25, 0.3) is 0 Å². The summed E-state index contributed by atoms with van der Waals surface area (Å²) in [4.78, 5) is 0. The third kappa shape index (κ3) is 4.36. The van der Waals surface area contributed by atoms with Gasteiger partial charge in [-0.15, -0.1) is 0 Å². The first-order chi connectivity index (χ1) is 7.80. The fourth-order valence-corrected chi connectivity index (χ4v) is 1.95. The van der Waals surface area contributed by atoms with Crippen molar-refractivity contribution in [2.45, 2.75) is 59.0 Å². The van der Waals surface area contributed by atoms with E-state index in [1.807, 2.05) is 0 Å². The summed E-state index contributed by atoms with van der Waals surface area (Å²) in [7, 11) is 0. The van der Waals surface area contributed by atoms with E-state index in [-0.39, 0.29) is 0 Å². The van der Waals surface area contributed by atoms with Crippen molar-refractivity contribution >= 4 is 0 Å². The molecule has 0 aliphatic heterocycles. The predicted molar refractivity (Wildman–Crippen MR) is 71.6 cm³/mol. The second-order valence-corrected chi connectivity index (χ2v) is 4.44. The van der Waals surface area contributed by atoms with Gasteiger partial charge in [0.05, 0.1) is 0 Å². The summed E-state index contributed by atoms with van der Waals surface area (Å²) >= 11 is 0. The molecule has 1 rings (SSSR count). The molecule has 1 atom stereocenters. The van der Waals surface area contributed by atoms with E-state index in [1.54, 1.807) is 0 Å². The van der Waals surface area contributed by atoms with Gasteiger partial charge in [0.1, 0.15) is 0 Å². The highest BCUT2D eigenvalue weighted by Gasteiger charge is 2.03. The minimum absolute atomic E-state index is 0.677. The standard InChI is InChI=1S/C15H25N/c1-4-7-15(6-3)16-12-14-10-8-13(5-2)9-11-14/h8-11,15-16H,4-7,12H2,1-3H3. The Hall–Kier alpha value is -0.820. The van der Waals surface area contributed by atoms with E-state index in [0.29, 0.717) is 6.04 Å². The Morgan fingerprint density at radius 2 is 1.62 bits per heavy atom. The molecule has 1 aromatic carbocycles. The van der Waals surface area contributed by atoms with E-state index in [1.165, 1.54) is 30.4 Å². The van der Waals surface area contributed by atoms with Gasteiger partial charge in [0.25, 0.3) is 0 Å². The van der Waals surface area contributed by atoms with Gasteiger partial charge in [-0.3, -0.25) is 0 Å². The van der Waals surface area contributed by atoms with Crippen molar-refractivity contribution in [1.82, 2.24) is 5.32 Å². The molecule has 0 saturated carbocycles. The highest BCUT2D eigenvalue weighted by molar-refractivity contribution is 5.22. The Kier molecular flexibility index (Phi) is 6.17. The van der Waals surface area contributed by atoms with Crippen LogP contribution in [-0.4, -0.2) is 6.04 Å². The molecule has 0 radical (unpaired) electrons. The molecule has 0 spiro atoms. The summed E-state index contributed by atoms with van der Waals surface area (Å²) in [5.74, 6) is 0. The molecule has 1 nitrogen and oxygen atoms in total. The van der Waals surface area contributed by atoms with Gasteiger partial charge in [-0.2, -0.15) is 0 Å². The number of benzene rings is 1. The smallest absolute Gasteiger partial charge is 0.0208 e. The van der Waals surface area contributed by atoms with E-state index in [2.05, 4.69) is 50.4 Å². The van der Waals surface area contributed by atoms with Crippen molar-refractivity contribution in [1.29, 1.82) is 0 Å². The fourth-order valence-electron chi connectivity index (χ4n) is 1.95. The molecule has 0 aromatic heterocycles. The zero-order valence-corrected chi connectivity index (χ0v) is 10.9. The van der Waals surface area contributed by atoms with Gasteiger partial charge in [0, 0.05) is 12.6 Å². The second kappa shape index (κ2) is 7.45. The van der Waals surface area contributed by atoms with Crippen LogP contribution in [0.4, 0.5) is 0 Å². The summed E-state index contributed by atoms with van der Waals surface area (Å²) < 4.78 is 0. The van der Waals surface area contributed by atoms with Gasteiger partial charge in [-0.05, 0) is 30.4 Å². The molecule has 90 valence electrons. The van der Waals surface area contributed by atoms with Crippen molar-refractivity contribution in [3.05, 3.63) is 35.4 Å². The van der Waals surface area contributed by atoms with E-state index >= 15 is 0 Å². The van der Waals surface area contributed by atoms with Gasteiger partial charge >= 0.3 is 0 Å². The zero-order chi connectivity index (χ0) is 11.8. The average Bonchev–Trinajstić information content (AvgIpc) is 2.35. The lowest BCUT2D eigenvalue weighted by Gasteiger charge is -2.16. The summed E-state index contributed by atoms with van der Waals surface area (Å²) in [6.45, 7) is 7.71. The van der Waals surface area contributed by atoms with Crippen LogP contribution in [0.1, 0.15) is 51.2 Å². The molecule has 0 saturated heterocycles. The molecular formula is C15H25N. The number of rotatable bonds is 7. The average molecular weight is 219 g/mol. The lowest BCUT2D eigenvalue weighted by Crippen LogP contribution is -2.27. The van der Waals surface area contributed by atoms with Gasteiger partial charge < -0.3 is 5.32 Å². The highest BCUT2D eigenvalue weighted by Crippen LogP contribution is 2.07. The van der Waals surface area contributed by atoms with Gasteiger partial charge in [-0.1, -0.05) is 51.5 Å². The van der Waals surface area contributed by atoms with Crippen molar-refractivity contribution < 1.29 is 0 Å². The second-order valence-electron chi connectivity index (χ2n) is 4.44. The van der Waals surface area contributed by atoms with Gasteiger partial charge in [0.15, 0.2) is 0 Å². The topological polar surface area (TPSA) is 12.0 Å². The van der Waals surface area contributed by atoms with Gasteiger partial charge in [-0.25, -0.2) is 0 Å². The molecular weight excluding hydrogens is 194 g/mol. The number of aryl methyl sites for hydroxylation is 1. The third-order valence-corrected chi connectivity index (χ3v) is 3.16. The van der Waals surface area contributed by atoms with Crippen LogP contribution in [0, 0.1) is 0 Å². The summed E-state index contributed by atoms with van der Waals surface area (Å²) in [5.41, 5.74) is 2.82. The van der Waals surface area contributed by atoms with Crippen LogP contribution in [-0.2, 0) is 13.0 Å². The van der Waals surface area contributed by atoms with Crippen LogP contribution in [0.5, 0.6) is 0 Å². The SMILES string of the molecule is CCCC(CC)NCc1ccc(CC)cc1. The lowest BCUT2D eigenvalue weighted by atomic mass is 10.1. The molecule has 0 amide bonds. The van der Waals surface area contributed by atoms with Crippen molar-refractivity contribution in [3.63, 3.8) is 0 Å². The van der Waals surface area contributed by atoms with Gasteiger partial charge in [0.2, 0.25) is 0 Å². The molecule has 0 aliphatic rings. The van der Waals surface area contributed by atoms with Crippen molar-refractivity contribution in [2.75, 3.05) is 0 Å². The van der Waals surface area contributed by atoms with E-state index in [9.17, 15) is 0 Å². The van der Waals surface area contributed by atoms with Crippen LogP contribution >= 0.6 is 0 Å². The Bertz CT molecular complexity index is 276. The largest absolute Gasteiger partial charge is 0.310 e. The van der Waals surface area contributed by atoms with E-state index in [4.69, 9.17) is 0 Å². The maximum Gasteiger partial charge on any atom is 0.0208 e. The van der Waals surface area contributed by atoms with Crippen LogP contribution < -0.4 is 5.32 Å². The first-order valence-electron chi connectivity index (χ1n) is 6.61. The van der Waals surface area contributed by atoms with Crippen LogP contribution in [0.3, 0.4) is 0 Å². The van der Waals surface area contributed by atoms with Crippen LogP contribution in [0.2, 0.25) is 0 Å². The molecule has 16 heavy (non-hydrogen) atoms. The third-order valence-electron chi connectivity index (χ3n) is 3.16. The first-order valence-corrected chi connectivity index (χ1v) is 6.61. The first kappa shape index (κ1) is 13.2. The molecule has 1 heteroatoms. The fraction of sp³-hybridized carbons (Fsp3) is 0.600. The summed E-state index contributed by atoms with van der Waals surface area (Å²) in [5, 5.41) is 3.62. The predicted octanol–water partition coefficient (Wildman–Crippen LogP) is 3.92. The molecule has 0 fully saturated rings.